The molecule has 4 N–H and O–H groups in total. The van der Waals surface area contributed by atoms with Crippen molar-refractivity contribution in [3.63, 3.8) is 0 Å². The number of fused-ring (bicyclic) bond motifs is 2. The second-order valence-electron chi connectivity index (χ2n) is 7.11. The number of aromatic amines is 2. The van der Waals surface area contributed by atoms with Crippen LogP contribution < -0.4 is 20.9 Å². The summed E-state index contributed by atoms with van der Waals surface area (Å²) >= 11 is 0. The number of rotatable bonds is 5. The molecule has 3 aromatic rings. The van der Waals surface area contributed by atoms with Gasteiger partial charge >= 0.3 is 0 Å². The number of carbonyl (C=O) groups excluding carboxylic acids is 2. The molecule has 1 atom stereocenters. The third-order valence-electron chi connectivity index (χ3n) is 5.24. The fourth-order valence-corrected chi connectivity index (χ4v) is 3.77. The number of aryl methyl sites for hydroxylation is 1. The summed E-state index contributed by atoms with van der Waals surface area (Å²) in [6.07, 6.45) is 3.65. The Bertz CT molecular complexity index is 1130. The molecule has 0 saturated carbocycles. The Balaban J connectivity index is 1.35. The van der Waals surface area contributed by atoms with Crippen LogP contribution in [0.4, 0.5) is 0 Å². The number of ether oxygens (including phenoxy) is 1. The smallest absolute Gasteiger partial charge is 0.268 e. The zero-order valence-electron chi connectivity index (χ0n) is 16.0. The molecule has 2 amide bonds. The molecule has 4 rings (SSSR count). The van der Waals surface area contributed by atoms with E-state index >= 15 is 0 Å². The van der Waals surface area contributed by atoms with Gasteiger partial charge in [0.2, 0.25) is 5.91 Å². The van der Waals surface area contributed by atoms with Crippen LogP contribution in [0.1, 0.15) is 28.0 Å². The van der Waals surface area contributed by atoms with E-state index in [1.165, 1.54) is 0 Å². The minimum Gasteiger partial charge on any atom is -0.496 e. The minimum atomic E-state index is -0.371. The highest BCUT2D eigenvalue weighted by atomic mass is 16.5. The minimum absolute atomic E-state index is 0.107. The molecule has 0 saturated heterocycles. The van der Waals surface area contributed by atoms with Crippen molar-refractivity contribution in [2.75, 3.05) is 13.7 Å². The highest BCUT2D eigenvalue weighted by molar-refractivity contribution is 6.00. The number of methoxy groups -OCH3 is 1. The Hall–Kier alpha value is -3.55. The van der Waals surface area contributed by atoms with Gasteiger partial charge in [0.05, 0.1) is 13.7 Å². The van der Waals surface area contributed by atoms with Gasteiger partial charge in [0.25, 0.3) is 11.5 Å². The Morgan fingerprint density at radius 2 is 2.14 bits per heavy atom. The van der Waals surface area contributed by atoms with Crippen molar-refractivity contribution >= 4 is 22.7 Å². The second kappa shape index (κ2) is 7.83. The molecular weight excluding hydrogens is 372 g/mol. The summed E-state index contributed by atoms with van der Waals surface area (Å²) < 4.78 is 5.30. The van der Waals surface area contributed by atoms with E-state index in [1.807, 2.05) is 24.3 Å². The van der Waals surface area contributed by atoms with Gasteiger partial charge in [-0.25, -0.2) is 0 Å². The van der Waals surface area contributed by atoms with Gasteiger partial charge in [-0.1, -0.05) is 6.07 Å². The molecule has 1 aromatic carbocycles. The third kappa shape index (κ3) is 3.87. The number of hydrogen-bond acceptors (Lipinski definition) is 4. The van der Waals surface area contributed by atoms with E-state index in [4.69, 9.17) is 4.74 Å². The van der Waals surface area contributed by atoms with Crippen molar-refractivity contribution in [1.82, 2.24) is 20.6 Å². The summed E-state index contributed by atoms with van der Waals surface area (Å²) in [5, 5.41) is 6.33. The highest BCUT2D eigenvalue weighted by Gasteiger charge is 2.22. The molecule has 1 aliphatic rings. The number of carbonyl (C=O) groups is 2. The summed E-state index contributed by atoms with van der Waals surface area (Å²) in [5.41, 5.74) is 2.78. The predicted molar refractivity (Wildman–Crippen MR) is 108 cm³/mol. The van der Waals surface area contributed by atoms with Crippen LogP contribution in [0.3, 0.4) is 0 Å². The number of H-pyrrole nitrogens is 2. The van der Waals surface area contributed by atoms with E-state index in [1.54, 1.807) is 19.4 Å². The van der Waals surface area contributed by atoms with Crippen molar-refractivity contribution in [3.05, 3.63) is 63.7 Å². The Kier molecular flexibility index (Phi) is 5.07. The normalized spacial score (nSPS) is 15.6. The maximum Gasteiger partial charge on any atom is 0.268 e. The molecule has 29 heavy (non-hydrogen) atoms. The number of amides is 2. The molecule has 0 unspecified atom stereocenters. The number of benzene rings is 1. The van der Waals surface area contributed by atoms with E-state index in [0.717, 1.165) is 34.9 Å². The van der Waals surface area contributed by atoms with E-state index < -0.39 is 0 Å². The molecule has 1 aliphatic carbocycles. The van der Waals surface area contributed by atoms with Gasteiger partial charge in [0.15, 0.2) is 0 Å². The SMILES string of the molecule is COc1cccc2[nH]c(C(=O)NCC(=O)N[C@H]3CCc4cc[nH]c(=O)c4C3)cc12. The second-order valence-corrected chi connectivity index (χ2v) is 7.11. The Morgan fingerprint density at radius 1 is 1.28 bits per heavy atom. The number of hydrogen-bond donors (Lipinski definition) is 4. The van der Waals surface area contributed by atoms with Gasteiger partial charge in [-0.3, -0.25) is 14.4 Å². The lowest BCUT2D eigenvalue weighted by Gasteiger charge is -2.24. The van der Waals surface area contributed by atoms with Crippen LogP contribution in [0.5, 0.6) is 5.75 Å². The molecule has 0 spiro atoms. The molecule has 2 heterocycles. The molecule has 8 nitrogen and oxygen atoms in total. The van der Waals surface area contributed by atoms with Gasteiger partial charge in [0.1, 0.15) is 11.4 Å². The van der Waals surface area contributed by atoms with Gasteiger partial charge < -0.3 is 25.3 Å². The first-order valence-corrected chi connectivity index (χ1v) is 9.48. The molecule has 2 aromatic heterocycles. The van der Waals surface area contributed by atoms with Gasteiger partial charge in [-0.05, 0) is 49.1 Å². The van der Waals surface area contributed by atoms with Crippen LogP contribution >= 0.6 is 0 Å². The first-order valence-electron chi connectivity index (χ1n) is 9.48. The first-order chi connectivity index (χ1) is 14.0. The van der Waals surface area contributed by atoms with Gasteiger partial charge in [0, 0.05) is 28.7 Å². The molecule has 150 valence electrons. The molecule has 0 bridgehead atoms. The van der Waals surface area contributed by atoms with Gasteiger partial charge in [-0.15, -0.1) is 0 Å². The van der Waals surface area contributed by atoms with Crippen LogP contribution in [-0.2, 0) is 17.6 Å². The number of aromatic nitrogens is 2. The Labute approximate surface area is 166 Å². The zero-order valence-corrected chi connectivity index (χ0v) is 16.0. The number of pyridine rings is 1. The van der Waals surface area contributed by atoms with E-state index in [0.29, 0.717) is 17.9 Å². The average molecular weight is 394 g/mol. The summed E-state index contributed by atoms with van der Waals surface area (Å²) in [5.74, 6) is 0.0137. The fraction of sp³-hybridized carbons (Fsp3) is 0.286. The van der Waals surface area contributed by atoms with Crippen molar-refractivity contribution in [1.29, 1.82) is 0 Å². The monoisotopic (exact) mass is 394 g/mol. The standard InChI is InChI=1S/C21H22N4O4/c1-29-18-4-2-3-16-15(18)10-17(25-16)21(28)23-11-19(26)24-13-6-5-12-7-8-22-20(27)14(12)9-13/h2-4,7-8,10,13,25H,5-6,9,11H2,1H3,(H,22,27)(H,23,28)(H,24,26)/t13-/m0/s1. The van der Waals surface area contributed by atoms with Crippen molar-refractivity contribution in [3.8, 4) is 5.75 Å². The fourth-order valence-electron chi connectivity index (χ4n) is 3.77. The van der Waals surface area contributed by atoms with Crippen LogP contribution in [0.15, 0.2) is 41.3 Å². The van der Waals surface area contributed by atoms with E-state index in [-0.39, 0.29) is 30.0 Å². The quantitative estimate of drug-likeness (QED) is 0.521. The third-order valence-corrected chi connectivity index (χ3v) is 5.24. The lowest BCUT2D eigenvalue weighted by Crippen LogP contribution is -2.45. The van der Waals surface area contributed by atoms with Crippen LogP contribution in [0, 0.1) is 0 Å². The summed E-state index contributed by atoms with van der Waals surface area (Å²) in [4.78, 5) is 42.3. The van der Waals surface area contributed by atoms with Crippen molar-refractivity contribution in [2.24, 2.45) is 0 Å². The van der Waals surface area contributed by atoms with E-state index in [9.17, 15) is 14.4 Å². The average Bonchev–Trinajstić information content (AvgIpc) is 3.17. The molecule has 0 fully saturated rings. The lowest BCUT2D eigenvalue weighted by atomic mass is 9.89. The maximum atomic E-state index is 12.4. The van der Waals surface area contributed by atoms with Crippen molar-refractivity contribution in [2.45, 2.75) is 25.3 Å². The van der Waals surface area contributed by atoms with Crippen molar-refractivity contribution < 1.29 is 14.3 Å². The summed E-state index contributed by atoms with van der Waals surface area (Å²) in [6, 6.07) is 8.99. The Morgan fingerprint density at radius 3 is 2.97 bits per heavy atom. The van der Waals surface area contributed by atoms with Crippen LogP contribution in [0.2, 0.25) is 0 Å². The van der Waals surface area contributed by atoms with Gasteiger partial charge in [-0.2, -0.15) is 0 Å². The highest BCUT2D eigenvalue weighted by Crippen LogP contribution is 2.25. The van der Waals surface area contributed by atoms with E-state index in [2.05, 4.69) is 20.6 Å². The first kappa shape index (κ1) is 18.8. The topological polar surface area (TPSA) is 116 Å². The summed E-state index contributed by atoms with van der Waals surface area (Å²) in [6.45, 7) is -0.139. The molecular formula is C21H22N4O4. The zero-order chi connectivity index (χ0) is 20.4. The predicted octanol–water partition coefficient (Wildman–Crippen LogP) is 1.27. The number of nitrogens with one attached hydrogen (secondary N) is 4. The molecule has 0 aliphatic heterocycles. The lowest BCUT2D eigenvalue weighted by molar-refractivity contribution is -0.120. The largest absolute Gasteiger partial charge is 0.496 e. The van der Waals surface area contributed by atoms with Crippen LogP contribution in [0.25, 0.3) is 10.9 Å². The molecule has 0 radical (unpaired) electrons. The summed E-state index contributed by atoms with van der Waals surface area (Å²) in [7, 11) is 1.57. The van der Waals surface area contributed by atoms with Crippen LogP contribution in [-0.4, -0.2) is 41.5 Å². The molecule has 8 heteroatoms. The maximum absolute atomic E-state index is 12.4.